The van der Waals surface area contributed by atoms with Gasteiger partial charge < -0.3 is 15.8 Å². The molecule has 22 heavy (non-hydrogen) atoms. The molecule has 2 aromatic rings. The van der Waals surface area contributed by atoms with E-state index in [0.717, 1.165) is 23.4 Å². The maximum Gasteiger partial charge on any atom is 0.189 e. The van der Waals surface area contributed by atoms with Crippen LogP contribution in [-0.2, 0) is 13.6 Å². The van der Waals surface area contributed by atoms with Crippen molar-refractivity contribution < 1.29 is 4.74 Å². The molecule has 3 N–H and O–H groups in total. The first-order valence-electron chi connectivity index (χ1n) is 6.86. The van der Waals surface area contributed by atoms with E-state index in [9.17, 15) is 0 Å². The number of aliphatic imine (C=N–C) groups is 1. The van der Waals surface area contributed by atoms with Crippen LogP contribution in [0.4, 0.5) is 0 Å². The number of halogens is 1. The van der Waals surface area contributed by atoms with Crippen molar-refractivity contribution in [3.05, 3.63) is 41.7 Å². The molecule has 1 unspecified atom stereocenters. The maximum atomic E-state index is 5.96. The summed E-state index contributed by atoms with van der Waals surface area (Å²) in [6.07, 6.45) is 2.54. The normalized spacial score (nSPS) is 17.1. The molecule has 8 heteroatoms. The van der Waals surface area contributed by atoms with E-state index in [1.54, 1.807) is 13.2 Å². The number of benzene rings is 1. The van der Waals surface area contributed by atoms with Crippen molar-refractivity contribution >= 4 is 29.9 Å². The van der Waals surface area contributed by atoms with Crippen LogP contribution >= 0.6 is 24.0 Å². The molecule has 2 heterocycles. The number of para-hydroxylation sites is 1. The van der Waals surface area contributed by atoms with Crippen molar-refractivity contribution in [1.82, 2.24) is 20.3 Å². The summed E-state index contributed by atoms with van der Waals surface area (Å²) in [6, 6.07) is 8.10. The van der Waals surface area contributed by atoms with Gasteiger partial charge in [-0.25, -0.2) is 4.99 Å². The lowest BCUT2D eigenvalue weighted by Gasteiger charge is -2.26. The van der Waals surface area contributed by atoms with E-state index < -0.39 is 0 Å². The molecule has 1 atom stereocenters. The van der Waals surface area contributed by atoms with E-state index in [-0.39, 0.29) is 30.0 Å². The molecule has 0 saturated carbocycles. The van der Waals surface area contributed by atoms with E-state index in [2.05, 4.69) is 20.5 Å². The molecule has 118 valence electrons. The Morgan fingerprint density at radius 3 is 3.09 bits per heavy atom. The third-order valence-corrected chi connectivity index (χ3v) is 3.34. The number of rotatable bonds is 3. The van der Waals surface area contributed by atoms with Crippen molar-refractivity contribution in [2.24, 2.45) is 17.8 Å². The van der Waals surface area contributed by atoms with Crippen LogP contribution in [0, 0.1) is 0 Å². The Balaban J connectivity index is 0.00000176. The zero-order valence-electron chi connectivity index (χ0n) is 12.3. The van der Waals surface area contributed by atoms with E-state index in [0.29, 0.717) is 19.1 Å². The number of guanidine groups is 1. The highest BCUT2D eigenvalue weighted by Gasteiger charge is 2.21. The molecule has 1 aromatic heterocycles. The molecule has 1 aliphatic rings. The fraction of sp³-hybridized carbons (Fsp3) is 0.357. The number of ether oxygens (including phenoxy) is 1. The smallest absolute Gasteiger partial charge is 0.189 e. The molecule has 1 aliphatic heterocycles. The van der Waals surface area contributed by atoms with Gasteiger partial charge >= 0.3 is 0 Å². The number of aromatic nitrogens is 3. The zero-order valence-corrected chi connectivity index (χ0v) is 14.6. The van der Waals surface area contributed by atoms with Gasteiger partial charge in [-0.3, -0.25) is 0 Å². The first-order valence-corrected chi connectivity index (χ1v) is 6.86. The van der Waals surface area contributed by atoms with E-state index in [1.165, 1.54) is 4.80 Å². The highest BCUT2D eigenvalue weighted by molar-refractivity contribution is 14.0. The molecular weight excluding hydrogens is 395 g/mol. The second kappa shape index (κ2) is 7.43. The van der Waals surface area contributed by atoms with Crippen molar-refractivity contribution in [2.75, 3.05) is 6.61 Å². The summed E-state index contributed by atoms with van der Waals surface area (Å²) in [6.45, 7) is 1.09. The van der Waals surface area contributed by atoms with Gasteiger partial charge in [0.2, 0.25) is 0 Å². The monoisotopic (exact) mass is 414 g/mol. The zero-order chi connectivity index (χ0) is 14.7. The minimum Gasteiger partial charge on any atom is -0.493 e. The number of nitrogens with zero attached hydrogens (tertiary/aromatic N) is 4. The quantitative estimate of drug-likeness (QED) is 0.450. The molecule has 0 aliphatic carbocycles. The molecule has 0 saturated heterocycles. The lowest BCUT2D eigenvalue weighted by Crippen LogP contribution is -2.37. The Labute approximate surface area is 146 Å². The minimum absolute atomic E-state index is 0. The van der Waals surface area contributed by atoms with Crippen molar-refractivity contribution in [3.63, 3.8) is 0 Å². The molecule has 0 fully saturated rings. The van der Waals surface area contributed by atoms with Gasteiger partial charge in [-0.1, -0.05) is 18.2 Å². The largest absolute Gasteiger partial charge is 0.493 e. The van der Waals surface area contributed by atoms with Crippen LogP contribution in [0.25, 0.3) is 0 Å². The number of nitrogens with two attached hydrogens (primary N) is 1. The van der Waals surface area contributed by atoms with Crippen molar-refractivity contribution in [1.29, 1.82) is 0 Å². The first-order chi connectivity index (χ1) is 10.2. The van der Waals surface area contributed by atoms with E-state index in [1.807, 2.05) is 24.3 Å². The molecule has 0 bridgehead atoms. The lowest BCUT2D eigenvalue weighted by molar-refractivity contribution is 0.262. The predicted octanol–water partition coefficient (Wildman–Crippen LogP) is 1.36. The molecular formula is C14H19IN6O. The molecule has 0 amide bonds. The topological polar surface area (TPSA) is 90.4 Å². The van der Waals surface area contributed by atoms with E-state index in [4.69, 9.17) is 10.5 Å². The number of hydrogen-bond donors (Lipinski definition) is 2. The summed E-state index contributed by atoms with van der Waals surface area (Å²) < 4.78 is 5.63. The molecule has 7 nitrogen and oxygen atoms in total. The van der Waals surface area contributed by atoms with Gasteiger partial charge in [-0.15, -0.1) is 24.0 Å². The van der Waals surface area contributed by atoms with Crippen molar-refractivity contribution in [3.8, 4) is 5.75 Å². The Morgan fingerprint density at radius 2 is 2.32 bits per heavy atom. The second-order valence-electron chi connectivity index (χ2n) is 4.90. The van der Waals surface area contributed by atoms with Crippen LogP contribution < -0.4 is 15.8 Å². The van der Waals surface area contributed by atoms with Gasteiger partial charge in [0.15, 0.2) is 5.96 Å². The van der Waals surface area contributed by atoms with Gasteiger partial charge in [0.1, 0.15) is 11.4 Å². The van der Waals surface area contributed by atoms with Crippen molar-refractivity contribution in [2.45, 2.75) is 19.0 Å². The summed E-state index contributed by atoms with van der Waals surface area (Å²) >= 11 is 0. The Hall–Kier alpha value is -1.84. The van der Waals surface area contributed by atoms with Gasteiger partial charge in [0, 0.05) is 19.0 Å². The van der Waals surface area contributed by atoms with Gasteiger partial charge in [0.05, 0.1) is 25.4 Å². The summed E-state index contributed by atoms with van der Waals surface area (Å²) in [5.74, 6) is 1.31. The van der Waals surface area contributed by atoms with E-state index >= 15 is 0 Å². The average Bonchev–Trinajstić information content (AvgIpc) is 2.91. The SMILES string of the molecule is Cn1ncc(CN=C(N)NC2CCOc3ccccc32)n1.I. The van der Waals surface area contributed by atoms with Crippen LogP contribution in [-0.4, -0.2) is 27.6 Å². The Morgan fingerprint density at radius 1 is 1.50 bits per heavy atom. The minimum atomic E-state index is 0. The van der Waals surface area contributed by atoms with Crippen LogP contribution in [0.5, 0.6) is 5.75 Å². The second-order valence-corrected chi connectivity index (χ2v) is 4.90. The molecule has 0 radical (unpaired) electrons. The standard InChI is InChI=1S/C14H18N6O.HI/c1-20-17-9-10(19-20)8-16-14(15)18-12-6-7-21-13-5-3-2-4-11(12)13;/h2-5,9,12H,6-8H2,1H3,(H3,15,16,18);1H. The number of aryl methyl sites for hydroxylation is 1. The summed E-state index contributed by atoms with van der Waals surface area (Å²) in [5, 5.41) is 11.4. The maximum absolute atomic E-state index is 5.96. The lowest BCUT2D eigenvalue weighted by atomic mass is 10.0. The number of nitrogens with one attached hydrogen (secondary N) is 1. The molecule has 3 rings (SSSR count). The van der Waals surface area contributed by atoms with Crippen LogP contribution in [0.2, 0.25) is 0 Å². The third-order valence-electron chi connectivity index (χ3n) is 3.34. The molecule has 0 spiro atoms. The first kappa shape index (κ1) is 16.5. The van der Waals surface area contributed by atoms with Crippen LogP contribution in [0.1, 0.15) is 23.7 Å². The summed E-state index contributed by atoms with van der Waals surface area (Å²) in [7, 11) is 1.77. The fourth-order valence-corrected chi connectivity index (χ4v) is 2.34. The van der Waals surface area contributed by atoms with Gasteiger partial charge in [0.25, 0.3) is 0 Å². The van der Waals surface area contributed by atoms with Gasteiger partial charge in [-0.2, -0.15) is 15.0 Å². The van der Waals surface area contributed by atoms with Gasteiger partial charge in [-0.05, 0) is 6.07 Å². The Kier molecular flexibility index (Phi) is 5.58. The summed E-state index contributed by atoms with van der Waals surface area (Å²) in [5.41, 5.74) is 7.86. The predicted molar refractivity (Wildman–Crippen MR) is 94.2 cm³/mol. The fourth-order valence-electron chi connectivity index (χ4n) is 2.34. The highest BCUT2D eigenvalue weighted by atomic mass is 127. The van der Waals surface area contributed by atoms with Crippen LogP contribution in [0.3, 0.4) is 0 Å². The third kappa shape index (κ3) is 3.87. The number of hydrogen-bond acceptors (Lipinski definition) is 4. The molecule has 1 aromatic carbocycles. The Bertz CT molecular complexity index is 656. The average molecular weight is 414 g/mol. The highest BCUT2D eigenvalue weighted by Crippen LogP contribution is 2.31. The van der Waals surface area contributed by atoms with Crippen LogP contribution in [0.15, 0.2) is 35.5 Å². The summed E-state index contributed by atoms with van der Waals surface area (Å²) in [4.78, 5) is 5.80. The number of fused-ring (bicyclic) bond motifs is 1.